The van der Waals surface area contributed by atoms with Crippen LogP contribution in [0.15, 0.2) is 24.3 Å². The number of hydrogen-bond acceptors (Lipinski definition) is 2. The SMILES string of the molecule is Cc1cccc([C@H]2CCCN(C(=O)CN3CCCC3=O)C2)c1. The highest BCUT2D eigenvalue weighted by Crippen LogP contribution is 2.27. The van der Waals surface area contributed by atoms with E-state index in [0.717, 1.165) is 38.9 Å². The van der Waals surface area contributed by atoms with Crippen LogP contribution in [0.25, 0.3) is 0 Å². The highest BCUT2D eigenvalue weighted by atomic mass is 16.2. The van der Waals surface area contributed by atoms with Crippen molar-refractivity contribution in [3.05, 3.63) is 35.4 Å². The van der Waals surface area contributed by atoms with E-state index >= 15 is 0 Å². The minimum Gasteiger partial charge on any atom is -0.341 e. The number of carbonyl (C=O) groups is 2. The monoisotopic (exact) mass is 300 g/mol. The number of likely N-dealkylation sites (tertiary alicyclic amines) is 2. The summed E-state index contributed by atoms with van der Waals surface area (Å²) < 4.78 is 0. The molecule has 4 heteroatoms. The van der Waals surface area contributed by atoms with E-state index in [0.29, 0.717) is 12.3 Å². The lowest BCUT2D eigenvalue weighted by Gasteiger charge is -2.34. The van der Waals surface area contributed by atoms with E-state index in [9.17, 15) is 9.59 Å². The average Bonchev–Trinajstić information content (AvgIpc) is 2.92. The summed E-state index contributed by atoms with van der Waals surface area (Å²) >= 11 is 0. The van der Waals surface area contributed by atoms with Gasteiger partial charge < -0.3 is 9.80 Å². The van der Waals surface area contributed by atoms with Gasteiger partial charge in [0.2, 0.25) is 11.8 Å². The molecule has 118 valence electrons. The molecule has 2 saturated heterocycles. The molecular weight excluding hydrogens is 276 g/mol. The maximum Gasteiger partial charge on any atom is 0.242 e. The second-order valence-corrected chi connectivity index (χ2v) is 6.51. The Morgan fingerprint density at radius 3 is 2.86 bits per heavy atom. The minimum atomic E-state index is 0.104. The second-order valence-electron chi connectivity index (χ2n) is 6.51. The maximum absolute atomic E-state index is 12.5. The Kier molecular flexibility index (Phi) is 4.46. The Labute approximate surface area is 132 Å². The molecule has 0 aromatic heterocycles. The van der Waals surface area contributed by atoms with Crippen LogP contribution < -0.4 is 0 Å². The quantitative estimate of drug-likeness (QED) is 0.859. The summed E-state index contributed by atoms with van der Waals surface area (Å²) in [5.74, 6) is 0.653. The molecule has 2 aliphatic heterocycles. The van der Waals surface area contributed by atoms with E-state index in [1.807, 2.05) is 4.90 Å². The summed E-state index contributed by atoms with van der Waals surface area (Å²) in [5.41, 5.74) is 2.60. The van der Waals surface area contributed by atoms with Gasteiger partial charge in [-0.05, 0) is 31.7 Å². The van der Waals surface area contributed by atoms with Crippen LogP contribution in [-0.2, 0) is 9.59 Å². The summed E-state index contributed by atoms with van der Waals surface area (Å²) in [6.45, 7) is 4.71. The molecule has 0 radical (unpaired) electrons. The van der Waals surface area contributed by atoms with Gasteiger partial charge in [0.1, 0.15) is 0 Å². The van der Waals surface area contributed by atoms with Gasteiger partial charge in [0.15, 0.2) is 0 Å². The Morgan fingerprint density at radius 1 is 1.27 bits per heavy atom. The van der Waals surface area contributed by atoms with Gasteiger partial charge in [0, 0.05) is 32.0 Å². The van der Waals surface area contributed by atoms with Crippen molar-refractivity contribution < 1.29 is 9.59 Å². The zero-order valence-corrected chi connectivity index (χ0v) is 13.3. The van der Waals surface area contributed by atoms with E-state index in [1.54, 1.807) is 4.90 Å². The number of carbonyl (C=O) groups excluding carboxylic acids is 2. The predicted octanol–water partition coefficient (Wildman–Crippen LogP) is 2.32. The zero-order chi connectivity index (χ0) is 15.5. The molecule has 1 atom stereocenters. The largest absolute Gasteiger partial charge is 0.341 e. The van der Waals surface area contributed by atoms with Crippen molar-refractivity contribution in [1.82, 2.24) is 9.80 Å². The normalized spacial score (nSPS) is 22.2. The zero-order valence-electron chi connectivity index (χ0n) is 13.3. The fourth-order valence-corrected chi connectivity index (χ4v) is 3.53. The Hall–Kier alpha value is -1.84. The van der Waals surface area contributed by atoms with Crippen molar-refractivity contribution in [3.8, 4) is 0 Å². The summed E-state index contributed by atoms with van der Waals surface area (Å²) in [7, 11) is 0. The van der Waals surface area contributed by atoms with Crippen molar-refractivity contribution in [2.75, 3.05) is 26.2 Å². The molecule has 0 N–H and O–H groups in total. The van der Waals surface area contributed by atoms with Crippen LogP contribution in [-0.4, -0.2) is 47.8 Å². The number of rotatable bonds is 3. The van der Waals surface area contributed by atoms with Crippen LogP contribution in [0.1, 0.15) is 42.7 Å². The highest BCUT2D eigenvalue weighted by molar-refractivity contribution is 5.86. The number of amides is 2. The first-order valence-electron chi connectivity index (χ1n) is 8.25. The number of benzene rings is 1. The van der Waals surface area contributed by atoms with Gasteiger partial charge in [0.05, 0.1) is 6.54 Å². The van der Waals surface area contributed by atoms with Crippen molar-refractivity contribution in [2.45, 2.75) is 38.5 Å². The van der Waals surface area contributed by atoms with Crippen molar-refractivity contribution in [3.63, 3.8) is 0 Å². The van der Waals surface area contributed by atoms with Crippen molar-refractivity contribution >= 4 is 11.8 Å². The first-order valence-corrected chi connectivity index (χ1v) is 8.25. The topological polar surface area (TPSA) is 40.6 Å². The Morgan fingerprint density at radius 2 is 2.14 bits per heavy atom. The molecule has 22 heavy (non-hydrogen) atoms. The van der Waals surface area contributed by atoms with Crippen LogP contribution in [0.4, 0.5) is 0 Å². The first kappa shape index (κ1) is 15.1. The molecule has 0 saturated carbocycles. The smallest absolute Gasteiger partial charge is 0.242 e. The highest BCUT2D eigenvalue weighted by Gasteiger charge is 2.28. The van der Waals surface area contributed by atoms with Crippen LogP contribution >= 0.6 is 0 Å². The lowest BCUT2D eigenvalue weighted by Crippen LogP contribution is -2.44. The second kappa shape index (κ2) is 6.51. The molecule has 2 heterocycles. The summed E-state index contributed by atoms with van der Waals surface area (Å²) in [6.07, 6.45) is 3.66. The van der Waals surface area contributed by atoms with Gasteiger partial charge in [0.25, 0.3) is 0 Å². The molecule has 1 aromatic carbocycles. The van der Waals surface area contributed by atoms with Crippen LogP contribution in [0, 0.1) is 6.92 Å². The van der Waals surface area contributed by atoms with Crippen molar-refractivity contribution in [1.29, 1.82) is 0 Å². The van der Waals surface area contributed by atoms with Gasteiger partial charge in [-0.3, -0.25) is 9.59 Å². The van der Waals surface area contributed by atoms with Crippen LogP contribution in [0.2, 0.25) is 0 Å². The van der Waals surface area contributed by atoms with Gasteiger partial charge >= 0.3 is 0 Å². The van der Waals surface area contributed by atoms with Crippen LogP contribution in [0.3, 0.4) is 0 Å². The molecule has 4 nitrogen and oxygen atoms in total. The van der Waals surface area contributed by atoms with E-state index in [-0.39, 0.29) is 18.4 Å². The van der Waals surface area contributed by atoms with E-state index < -0.39 is 0 Å². The van der Waals surface area contributed by atoms with E-state index in [2.05, 4.69) is 31.2 Å². The van der Waals surface area contributed by atoms with Gasteiger partial charge in [-0.25, -0.2) is 0 Å². The fourth-order valence-electron chi connectivity index (χ4n) is 3.53. The third-order valence-corrected chi connectivity index (χ3v) is 4.79. The lowest BCUT2D eigenvalue weighted by molar-refractivity contribution is -0.139. The Balaban J connectivity index is 1.62. The summed E-state index contributed by atoms with van der Waals surface area (Å²) in [6, 6.07) is 8.58. The summed E-state index contributed by atoms with van der Waals surface area (Å²) in [5, 5.41) is 0. The molecule has 1 aromatic rings. The molecule has 0 aliphatic carbocycles. The van der Waals surface area contributed by atoms with Gasteiger partial charge in [-0.2, -0.15) is 0 Å². The number of nitrogens with zero attached hydrogens (tertiary/aromatic N) is 2. The third-order valence-electron chi connectivity index (χ3n) is 4.79. The minimum absolute atomic E-state index is 0.104. The van der Waals surface area contributed by atoms with E-state index in [1.165, 1.54) is 11.1 Å². The molecule has 0 spiro atoms. The number of hydrogen-bond donors (Lipinski definition) is 0. The lowest BCUT2D eigenvalue weighted by atomic mass is 9.90. The molecule has 2 amide bonds. The summed E-state index contributed by atoms with van der Waals surface area (Å²) in [4.78, 5) is 27.8. The molecule has 2 aliphatic rings. The first-order chi connectivity index (χ1) is 10.6. The maximum atomic E-state index is 12.5. The predicted molar refractivity (Wildman–Crippen MR) is 85.5 cm³/mol. The fraction of sp³-hybridized carbons (Fsp3) is 0.556. The average molecular weight is 300 g/mol. The molecule has 0 bridgehead atoms. The van der Waals surface area contributed by atoms with Crippen molar-refractivity contribution in [2.24, 2.45) is 0 Å². The number of aryl methyl sites for hydroxylation is 1. The molecule has 3 rings (SSSR count). The van der Waals surface area contributed by atoms with Gasteiger partial charge in [-0.15, -0.1) is 0 Å². The van der Waals surface area contributed by atoms with Gasteiger partial charge in [-0.1, -0.05) is 29.8 Å². The molecular formula is C18H24N2O2. The van der Waals surface area contributed by atoms with E-state index in [4.69, 9.17) is 0 Å². The standard InChI is InChI=1S/C18H24N2O2/c1-14-5-2-6-15(11-14)16-7-3-9-19(12-16)18(22)13-20-10-4-8-17(20)21/h2,5-6,11,16H,3-4,7-10,12-13H2,1H3/t16-/m0/s1. The number of piperidine rings is 1. The molecule has 0 unspecified atom stereocenters. The Bertz CT molecular complexity index is 570. The molecule has 2 fully saturated rings. The van der Waals surface area contributed by atoms with Crippen LogP contribution in [0.5, 0.6) is 0 Å². The third kappa shape index (κ3) is 3.32.